The Morgan fingerprint density at radius 3 is 2.89 bits per heavy atom. The van der Waals surface area contributed by atoms with Crippen LogP contribution in [0.1, 0.15) is 22.3 Å². The number of esters is 1. The van der Waals surface area contributed by atoms with E-state index in [9.17, 15) is 14.4 Å². The molecule has 2 amide bonds. The van der Waals surface area contributed by atoms with Gasteiger partial charge in [0.15, 0.2) is 6.61 Å². The van der Waals surface area contributed by atoms with E-state index in [2.05, 4.69) is 10.6 Å². The zero-order chi connectivity index (χ0) is 19.9. The lowest BCUT2D eigenvalue weighted by molar-refractivity contribution is -0.124. The maximum atomic E-state index is 12.2. The van der Waals surface area contributed by atoms with E-state index >= 15 is 0 Å². The Morgan fingerprint density at radius 1 is 1.21 bits per heavy atom. The van der Waals surface area contributed by atoms with Gasteiger partial charge in [-0.05, 0) is 42.3 Å². The van der Waals surface area contributed by atoms with E-state index in [4.69, 9.17) is 16.3 Å². The number of hydrogen-bond donors (Lipinski definition) is 2. The van der Waals surface area contributed by atoms with E-state index in [0.29, 0.717) is 35.8 Å². The zero-order valence-corrected chi connectivity index (χ0v) is 16.6. The summed E-state index contributed by atoms with van der Waals surface area (Å²) >= 11 is 7.47. The number of rotatable bonds is 6. The minimum Gasteiger partial charge on any atom is -0.452 e. The summed E-state index contributed by atoms with van der Waals surface area (Å²) in [6.45, 7) is 0.0470. The molecule has 1 heterocycles. The van der Waals surface area contributed by atoms with Crippen LogP contribution in [0.4, 0.5) is 5.69 Å². The van der Waals surface area contributed by atoms with Crippen molar-refractivity contribution in [1.82, 2.24) is 5.32 Å². The molecule has 0 aliphatic carbocycles. The molecule has 0 radical (unpaired) electrons. The summed E-state index contributed by atoms with van der Waals surface area (Å²) in [5, 5.41) is 6.12. The van der Waals surface area contributed by atoms with Crippen molar-refractivity contribution >= 4 is 46.8 Å². The van der Waals surface area contributed by atoms with Gasteiger partial charge in [-0.1, -0.05) is 23.7 Å². The second-order valence-corrected chi connectivity index (χ2v) is 7.74. The average Bonchev–Trinajstić information content (AvgIpc) is 2.86. The average molecular weight is 419 g/mol. The SMILES string of the molecule is O=C(COC(=O)c1ccc2c(c1)NC(=O)CCS2)NCCc1cccc(Cl)c1. The molecular formula is C20H19ClN2O4S. The van der Waals surface area contributed by atoms with Gasteiger partial charge in [-0.2, -0.15) is 0 Å². The summed E-state index contributed by atoms with van der Waals surface area (Å²) < 4.78 is 5.07. The van der Waals surface area contributed by atoms with Gasteiger partial charge in [0.1, 0.15) is 0 Å². The van der Waals surface area contributed by atoms with E-state index in [1.807, 2.05) is 18.2 Å². The van der Waals surface area contributed by atoms with E-state index < -0.39 is 5.97 Å². The third kappa shape index (κ3) is 5.74. The van der Waals surface area contributed by atoms with Crippen molar-refractivity contribution in [3.63, 3.8) is 0 Å². The number of benzene rings is 2. The normalized spacial score (nSPS) is 13.1. The van der Waals surface area contributed by atoms with Gasteiger partial charge in [-0.3, -0.25) is 9.59 Å². The molecule has 6 nitrogen and oxygen atoms in total. The van der Waals surface area contributed by atoms with Gasteiger partial charge >= 0.3 is 5.97 Å². The van der Waals surface area contributed by atoms with E-state index in [1.165, 1.54) is 0 Å². The number of halogens is 1. The Morgan fingerprint density at radius 2 is 2.07 bits per heavy atom. The Labute approximate surface area is 172 Å². The number of nitrogens with one attached hydrogen (secondary N) is 2. The number of anilines is 1. The fourth-order valence-electron chi connectivity index (χ4n) is 2.65. The molecule has 3 rings (SSSR count). The Hall–Kier alpha value is -2.51. The maximum Gasteiger partial charge on any atom is 0.338 e. The number of ether oxygens (including phenoxy) is 1. The molecule has 0 bridgehead atoms. The minimum atomic E-state index is -0.615. The van der Waals surface area contributed by atoms with Crippen LogP contribution < -0.4 is 10.6 Å². The predicted octanol–water partition coefficient (Wildman–Crippen LogP) is 3.29. The molecule has 0 atom stereocenters. The van der Waals surface area contributed by atoms with Crippen LogP contribution in [0, 0.1) is 0 Å². The van der Waals surface area contributed by atoms with Crippen molar-refractivity contribution in [2.75, 3.05) is 24.2 Å². The summed E-state index contributed by atoms with van der Waals surface area (Å²) in [5.41, 5.74) is 1.89. The number of carbonyl (C=O) groups is 3. The first-order valence-electron chi connectivity index (χ1n) is 8.76. The molecule has 2 aromatic carbocycles. The van der Waals surface area contributed by atoms with Gasteiger partial charge in [0.25, 0.3) is 5.91 Å². The van der Waals surface area contributed by atoms with E-state index in [0.717, 1.165) is 10.5 Å². The van der Waals surface area contributed by atoms with Gasteiger partial charge in [0, 0.05) is 28.6 Å². The Bertz CT molecular complexity index is 904. The molecule has 2 aromatic rings. The lowest BCUT2D eigenvalue weighted by Crippen LogP contribution is -2.30. The molecule has 8 heteroatoms. The molecule has 2 N–H and O–H groups in total. The van der Waals surface area contributed by atoms with Gasteiger partial charge in [-0.15, -0.1) is 11.8 Å². The summed E-state index contributed by atoms with van der Waals surface area (Å²) in [6.07, 6.45) is 1.05. The van der Waals surface area contributed by atoms with Gasteiger partial charge in [0.05, 0.1) is 11.3 Å². The minimum absolute atomic E-state index is 0.0872. The fraction of sp³-hybridized carbons (Fsp3) is 0.250. The predicted molar refractivity (Wildman–Crippen MR) is 109 cm³/mol. The lowest BCUT2D eigenvalue weighted by Gasteiger charge is -2.10. The van der Waals surface area contributed by atoms with Crippen LogP contribution in [0.2, 0.25) is 5.02 Å². The molecular weight excluding hydrogens is 400 g/mol. The highest BCUT2D eigenvalue weighted by atomic mass is 35.5. The van der Waals surface area contributed by atoms with Crippen molar-refractivity contribution in [2.45, 2.75) is 17.7 Å². The number of hydrogen-bond acceptors (Lipinski definition) is 5. The van der Waals surface area contributed by atoms with Crippen LogP contribution in [0.25, 0.3) is 0 Å². The molecule has 1 aliphatic heterocycles. The Balaban J connectivity index is 1.47. The second-order valence-electron chi connectivity index (χ2n) is 6.16. The first kappa shape index (κ1) is 20.2. The van der Waals surface area contributed by atoms with Crippen molar-refractivity contribution < 1.29 is 19.1 Å². The smallest absolute Gasteiger partial charge is 0.338 e. The van der Waals surface area contributed by atoms with Gasteiger partial charge in [-0.25, -0.2) is 4.79 Å². The van der Waals surface area contributed by atoms with Crippen LogP contribution in [-0.2, 0) is 20.7 Å². The van der Waals surface area contributed by atoms with Crippen molar-refractivity contribution in [2.24, 2.45) is 0 Å². The van der Waals surface area contributed by atoms with Crippen molar-refractivity contribution in [3.05, 3.63) is 58.6 Å². The molecule has 0 unspecified atom stereocenters. The highest BCUT2D eigenvalue weighted by Gasteiger charge is 2.17. The van der Waals surface area contributed by atoms with E-state index in [-0.39, 0.29) is 24.0 Å². The van der Waals surface area contributed by atoms with Crippen molar-refractivity contribution in [3.8, 4) is 0 Å². The standard InChI is InChI=1S/C20H19ClN2O4S/c21-15-3-1-2-13(10-15)6-8-22-19(25)12-27-20(26)14-4-5-17-16(11-14)23-18(24)7-9-28-17/h1-5,10-11H,6-9,12H2,(H,22,25)(H,23,24). The molecule has 0 spiro atoms. The highest BCUT2D eigenvalue weighted by Crippen LogP contribution is 2.31. The van der Waals surface area contributed by atoms with Crippen LogP contribution in [0.3, 0.4) is 0 Å². The topological polar surface area (TPSA) is 84.5 Å². The van der Waals surface area contributed by atoms with Crippen LogP contribution in [0.5, 0.6) is 0 Å². The zero-order valence-electron chi connectivity index (χ0n) is 15.0. The molecule has 146 valence electrons. The third-order valence-electron chi connectivity index (χ3n) is 4.04. The number of carbonyl (C=O) groups excluding carboxylic acids is 3. The number of fused-ring (bicyclic) bond motifs is 1. The van der Waals surface area contributed by atoms with Crippen LogP contribution >= 0.6 is 23.4 Å². The monoisotopic (exact) mass is 418 g/mol. The van der Waals surface area contributed by atoms with E-state index in [1.54, 1.807) is 36.0 Å². The molecule has 28 heavy (non-hydrogen) atoms. The van der Waals surface area contributed by atoms with Crippen molar-refractivity contribution in [1.29, 1.82) is 0 Å². The van der Waals surface area contributed by atoms with Crippen LogP contribution in [0.15, 0.2) is 47.4 Å². The summed E-state index contributed by atoms with van der Waals surface area (Å²) in [4.78, 5) is 36.6. The van der Waals surface area contributed by atoms with Gasteiger partial charge in [0.2, 0.25) is 5.91 Å². The molecule has 1 aliphatic rings. The van der Waals surface area contributed by atoms with Crippen LogP contribution in [-0.4, -0.2) is 36.7 Å². The fourth-order valence-corrected chi connectivity index (χ4v) is 3.80. The second kappa shape index (κ2) is 9.61. The lowest BCUT2D eigenvalue weighted by atomic mass is 10.1. The summed E-state index contributed by atoms with van der Waals surface area (Å²) in [6, 6.07) is 12.4. The highest BCUT2D eigenvalue weighted by molar-refractivity contribution is 7.99. The third-order valence-corrected chi connectivity index (χ3v) is 5.35. The number of thioether (sulfide) groups is 1. The van der Waals surface area contributed by atoms with Gasteiger partial charge < -0.3 is 15.4 Å². The molecule has 0 fully saturated rings. The largest absolute Gasteiger partial charge is 0.452 e. The summed E-state index contributed by atoms with van der Waals surface area (Å²) in [5.74, 6) is -0.390. The first-order chi connectivity index (χ1) is 13.5. The molecule has 0 saturated carbocycles. The first-order valence-corrected chi connectivity index (χ1v) is 10.1. The Kier molecular flexibility index (Phi) is 6.95. The quantitative estimate of drug-likeness (QED) is 0.703. The molecule has 0 saturated heterocycles. The number of amides is 2. The summed E-state index contributed by atoms with van der Waals surface area (Å²) in [7, 11) is 0. The molecule has 0 aromatic heterocycles. The maximum absolute atomic E-state index is 12.2.